The van der Waals surface area contributed by atoms with Crippen molar-refractivity contribution in [1.29, 1.82) is 0 Å². The van der Waals surface area contributed by atoms with Gasteiger partial charge in [-0.25, -0.2) is 0 Å². The zero-order valence-corrected chi connectivity index (χ0v) is 10.7. The second kappa shape index (κ2) is 3.61. The van der Waals surface area contributed by atoms with Gasteiger partial charge in [0.05, 0.1) is 0 Å². The first kappa shape index (κ1) is 13.0. The third kappa shape index (κ3) is 3.68. The lowest BCUT2D eigenvalue weighted by atomic mass is 9.64. The molecule has 0 radical (unpaired) electrons. The van der Waals surface area contributed by atoms with E-state index in [2.05, 4.69) is 53.8 Å². The van der Waals surface area contributed by atoms with Crippen LogP contribution < -0.4 is 5.32 Å². The molecule has 0 aliphatic rings. The first-order valence-electron chi connectivity index (χ1n) is 5.21. The molecule has 0 fully saturated rings. The predicted octanol–water partition coefficient (Wildman–Crippen LogP) is 3.45. The van der Waals surface area contributed by atoms with Gasteiger partial charge in [-0.05, 0) is 38.1 Å². The normalized spacial score (nSPS) is 14.8. The Morgan fingerprint density at radius 3 is 1.46 bits per heavy atom. The maximum Gasteiger partial charge on any atom is 0.0127 e. The molecule has 1 nitrogen and oxygen atoms in total. The van der Waals surface area contributed by atoms with Gasteiger partial charge in [0.25, 0.3) is 0 Å². The number of hydrogen-bond acceptors (Lipinski definition) is 1. The van der Waals surface area contributed by atoms with Gasteiger partial charge >= 0.3 is 0 Å². The highest BCUT2D eigenvalue weighted by atomic mass is 14.9. The van der Waals surface area contributed by atoms with Gasteiger partial charge < -0.3 is 5.32 Å². The van der Waals surface area contributed by atoms with Crippen molar-refractivity contribution in [3.05, 3.63) is 0 Å². The molecule has 0 bridgehead atoms. The summed E-state index contributed by atoms with van der Waals surface area (Å²) >= 11 is 0. The van der Waals surface area contributed by atoms with E-state index in [0.29, 0.717) is 10.8 Å². The van der Waals surface area contributed by atoms with Gasteiger partial charge in [0.15, 0.2) is 0 Å². The minimum absolute atomic E-state index is 0.233. The van der Waals surface area contributed by atoms with Crippen molar-refractivity contribution in [3.63, 3.8) is 0 Å². The summed E-state index contributed by atoms with van der Waals surface area (Å²) in [7, 11) is 2.04. The lowest BCUT2D eigenvalue weighted by Crippen LogP contribution is -2.44. The minimum atomic E-state index is 0.233. The molecule has 0 atom stereocenters. The second-order valence-electron chi connectivity index (χ2n) is 6.44. The molecule has 0 unspecified atom stereocenters. The highest BCUT2D eigenvalue weighted by Gasteiger charge is 2.36. The van der Waals surface area contributed by atoms with E-state index in [1.54, 1.807) is 0 Å². The summed E-state index contributed by atoms with van der Waals surface area (Å²) in [6, 6.07) is 0. The first-order valence-corrected chi connectivity index (χ1v) is 5.21. The van der Waals surface area contributed by atoms with Crippen LogP contribution >= 0.6 is 0 Å². The van der Waals surface area contributed by atoms with Gasteiger partial charge in [-0.1, -0.05) is 34.6 Å². The molecule has 0 aliphatic carbocycles. The quantitative estimate of drug-likeness (QED) is 0.710. The van der Waals surface area contributed by atoms with E-state index < -0.39 is 0 Å². The summed E-state index contributed by atoms with van der Waals surface area (Å²) in [6.07, 6.45) is 1.19. The highest BCUT2D eigenvalue weighted by Crippen LogP contribution is 2.43. The molecule has 0 saturated carbocycles. The molecule has 0 aromatic heterocycles. The van der Waals surface area contributed by atoms with Gasteiger partial charge in [-0.15, -0.1) is 0 Å². The summed E-state index contributed by atoms with van der Waals surface area (Å²) < 4.78 is 0. The average Bonchev–Trinajstić information content (AvgIpc) is 1.83. The summed E-state index contributed by atoms with van der Waals surface area (Å²) in [4.78, 5) is 0. The van der Waals surface area contributed by atoms with Crippen molar-refractivity contribution in [1.82, 2.24) is 5.32 Å². The standard InChI is InChI=1S/C12H27N/c1-10(2,3)11(4,5)9-12(6,7)13-8/h13H,9H2,1-8H3. The number of rotatable bonds is 3. The van der Waals surface area contributed by atoms with E-state index in [1.807, 2.05) is 7.05 Å². The average molecular weight is 185 g/mol. The van der Waals surface area contributed by atoms with Crippen molar-refractivity contribution in [2.75, 3.05) is 7.05 Å². The fourth-order valence-electron chi connectivity index (χ4n) is 1.46. The minimum Gasteiger partial charge on any atom is -0.315 e. The smallest absolute Gasteiger partial charge is 0.0127 e. The highest BCUT2D eigenvalue weighted by molar-refractivity contribution is 4.90. The maximum atomic E-state index is 3.37. The van der Waals surface area contributed by atoms with Crippen LogP contribution in [0.15, 0.2) is 0 Å². The summed E-state index contributed by atoms with van der Waals surface area (Å²) in [6.45, 7) is 16.2. The van der Waals surface area contributed by atoms with E-state index in [9.17, 15) is 0 Å². The van der Waals surface area contributed by atoms with Crippen LogP contribution in [0.3, 0.4) is 0 Å². The van der Waals surface area contributed by atoms with Crippen LogP contribution in [0.5, 0.6) is 0 Å². The molecule has 1 N–H and O–H groups in total. The Labute approximate surface area is 84.3 Å². The van der Waals surface area contributed by atoms with E-state index >= 15 is 0 Å². The van der Waals surface area contributed by atoms with Gasteiger partial charge in [0.2, 0.25) is 0 Å². The Kier molecular flexibility index (Phi) is 3.59. The largest absolute Gasteiger partial charge is 0.315 e. The van der Waals surface area contributed by atoms with Crippen LogP contribution in [0.1, 0.15) is 54.9 Å². The molecule has 0 aromatic carbocycles. The monoisotopic (exact) mass is 185 g/mol. The Hall–Kier alpha value is -0.0400. The molecule has 0 aromatic rings. The fourth-order valence-corrected chi connectivity index (χ4v) is 1.46. The van der Waals surface area contributed by atoms with Gasteiger partial charge in [-0.2, -0.15) is 0 Å². The van der Waals surface area contributed by atoms with Crippen molar-refractivity contribution in [3.8, 4) is 0 Å². The Morgan fingerprint density at radius 1 is 0.846 bits per heavy atom. The van der Waals surface area contributed by atoms with E-state index in [1.165, 1.54) is 6.42 Å². The zero-order chi connectivity index (χ0) is 10.9. The molecule has 80 valence electrons. The Morgan fingerprint density at radius 2 is 1.23 bits per heavy atom. The summed E-state index contributed by atoms with van der Waals surface area (Å²) in [5.41, 5.74) is 0.956. The fraction of sp³-hybridized carbons (Fsp3) is 1.00. The summed E-state index contributed by atoms with van der Waals surface area (Å²) in [5, 5.41) is 3.37. The molecule has 0 amide bonds. The second-order valence-corrected chi connectivity index (χ2v) is 6.44. The van der Waals surface area contributed by atoms with Crippen LogP contribution in [-0.2, 0) is 0 Å². The maximum absolute atomic E-state index is 3.37. The predicted molar refractivity (Wildman–Crippen MR) is 61.0 cm³/mol. The third-order valence-electron chi connectivity index (χ3n) is 3.59. The topological polar surface area (TPSA) is 12.0 Å². The van der Waals surface area contributed by atoms with Crippen LogP contribution in [0.25, 0.3) is 0 Å². The lowest BCUT2D eigenvalue weighted by Gasteiger charge is -2.44. The molecule has 1 heteroatoms. The van der Waals surface area contributed by atoms with Gasteiger partial charge in [-0.3, -0.25) is 0 Å². The third-order valence-corrected chi connectivity index (χ3v) is 3.59. The van der Waals surface area contributed by atoms with Gasteiger partial charge in [0, 0.05) is 5.54 Å². The van der Waals surface area contributed by atoms with Crippen LogP contribution in [0, 0.1) is 10.8 Å². The van der Waals surface area contributed by atoms with E-state index in [4.69, 9.17) is 0 Å². The van der Waals surface area contributed by atoms with Crippen molar-refractivity contribution in [2.24, 2.45) is 10.8 Å². The van der Waals surface area contributed by atoms with Crippen molar-refractivity contribution >= 4 is 0 Å². The van der Waals surface area contributed by atoms with Crippen LogP contribution in [0.2, 0.25) is 0 Å². The lowest BCUT2D eigenvalue weighted by molar-refractivity contribution is 0.0853. The molecule has 0 aliphatic heterocycles. The molecular formula is C12H27N. The zero-order valence-electron chi connectivity index (χ0n) is 10.7. The Balaban J connectivity index is 4.52. The molecule has 0 heterocycles. The number of nitrogens with one attached hydrogen (secondary N) is 1. The molecular weight excluding hydrogens is 158 g/mol. The van der Waals surface area contributed by atoms with Crippen molar-refractivity contribution < 1.29 is 0 Å². The van der Waals surface area contributed by atoms with Crippen LogP contribution in [0.4, 0.5) is 0 Å². The first-order chi connectivity index (χ1) is 5.52. The molecule has 0 rings (SSSR count). The Bertz CT molecular complexity index is 160. The summed E-state index contributed by atoms with van der Waals surface area (Å²) in [5.74, 6) is 0. The van der Waals surface area contributed by atoms with E-state index in [-0.39, 0.29) is 5.54 Å². The van der Waals surface area contributed by atoms with Crippen LogP contribution in [-0.4, -0.2) is 12.6 Å². The number of hydrogen-bond donors (Lipinski definition) is 1. The molecule has 0 saturated heterocycles. The van der Waals surface area contributed by atoms with Crippen molar-refractivity contribution in [2.45, 2.75) is 60.4 Å². The molecule has 0 spiro atoms. The van der Waals surface area contributed by atoms with Gasteiger partial charge in [0.1, 0.15) is 0 Å². The molecule has 13 heavy (non-hydrogen) atoms. The van der Waals surface area contributed by atoms with E-state index in [0.717, 1.165) is 0 Å². The SMILES string of the molecule is CNC(C)(C)CC(C)(C)C(C)(C)C.